The van der Waals surface area contributed by atoms with Gasteiger partial charge < -0.3 is 19.8 Å². The second-order valence-electron chi connectivity index (χ2n) is 10.6. The fourth-order valence-corrected chi connectivity index (χ4v) is 5.57. The smallest absolute Gasteiger partial charge is 0.417 e. The Morgan fingerprint density at radius 1 is 1.16 bits per heavy atom. The van der Waals surface area contributed by atoms with Gasteiger partial charge in [-0.2, -0.15) is 18.3 Å². The number of aromatic nitrogens is 4. The number of hydrogen-bond acceptors (Lipinski definition) is 7. The summed E-state index contributed by atoms with van der Waals surface area (Å²) in [6.07, 6.45) is -5.56. The number of carbonyl (C=O) groups excluding carboxylic acids is 1. The van der Waals surface area contributed by atoms with E-state index in [-0.39, 0.29) is 41.1 Å². The van der Waals surface area contributed by atoms with Crippen molar-refractivity contribution in [1.29, 1.82) is 0 Å². The van der Waals surface area contributed by atoms with Crippen LogP contribution in [0.5, 0.6) is 5.75 Å². The van der Waals surface area contributed by atoms with Crippen LogP contribution in [-0.2, 0) is 19.1 Å². The molecular weight excluding hydrogens is 647 g/mol. The molecule has 3 heterocycles. The molecule has 0 bridgehead atoms. The summed E-state index contributed by atoms with van der Waals surface area (Å²) in [4.78, 5) is 33.8. The van der Waals surface area contributed by atoms with Crippen molar-refractivity contribution in [2.45, 2.75) is 52.1 Å². The van der Waals surface area contributed by atoms with Gasteiger partial charge in [0.1, 0.15) is 18.5 Å². The summed E-state index contributed by atoms with van der Waals surface area (Å²) in [5.74, 6) is -0.0207. The van der Waals surface area contributed by atoms with Gasteiger partial charge >= 0.3 is 6.18 Å². The van der Waals surface area contributed by atoms with Crippen molar-refractivity contribution >= 4 is 21.8 Å². The molecule has 2 N–H and O–H groups in total. The third-order valence-electron chi connectivity index (χ3n) is 7.32. The molecule has 0 aliphatic carbocycles. The fourth-order valence-electron chi connectivity index (χ4n) is 5.10. The first-order chi connectivity index (χ1) is 20.8. The monoisotopic (exact) mass is 675 g/mol. The van der Waals surface area contributed by atoms with Gasteiger partial charge in [0.2, 0.25) is 5.95 Å². The predicted octanol–water partition coefficient (Wildman–Crippen LogP) is 4.14. The number of rotatable bonds is 7. The zero-order valence-corrected chi connectivity index (χ0v) is 25.6. The third kappa shape index (κ3) is 6.14. The van der Waals surface area contributed by atoms with Crippen LogP contribution in [-0.4, -0.2) is 65.7 Å². The van der Waals surface area contributed by atoms with Crippen LogP contribution in [0, 0.1) is 13.8 Å². The van der Waals surface area contributed by atoms with E-state index in [0.29, 0.717) is 34.1 Å². The van der Waals surface area contributed by atoms with Crippen molar-refractivity contribution in [3.8, 4) is 17.4 Å². The maximum atomic E-state index is 14.1. The van der Waals surface area contributed by atoms with E-state index in [9.17, 15) is 27.9 Å². The fraction of sp³-hybridized carbons (Fsp3) is 0.333. The van der Waals surface area contributed by atoms with Crippen molar-refractivity contribution in [2.75, 3.05) is 13.2 Å². The number of nitrogens with zero attached hydrogens (tertiary/aromatic N) is 5. The molecule has 1 aliphatic rings. The summed E-state index contributed by atoms with van der Waals surface area (Å²) in [7, 11) is 0. The number of benzene rings is 2. The van der Waals surface area contributed by atoms with Crippen LogP contribution in [0.1, 0.15) is 45.5 Å². The summed E-state index contributed by atoms with van der Waals surface area (Å²) >= 11 is 2.91. The van der Waals surface area contributed by atoms with E-state index in [0.717, 1.165) is 6.07 Å². The van der Waals surface area contributed by atoms with Gasteiger partial charge in [0.15, 0.2) is 0 Å². The van der Waals surface area contributed by atoms with Crippen molar-refractivity contribution < 1.29 is 32.9 Å². The second-order valence-corrected chi connectivity index (χ2v) is 11.5. The lowest BCUT2D eigenvalue weighted by molar-refractivity contribution is -0.138. The molecule has 14 heteroatoms. The van der Waals surface area contributed by atoms with Crippen molar-refractivity contribution in [3.63, 3.8) is 0 Å². The Hall–Kier alpha value is -4.01. The summed E-state index contributed by atoms with van der Waals surface area (Å²) in [5, 5.41) is 23.1. The van der Waals surface area contributed by atoms with E-state index in [4.69, 9.17) is 14.8 Å². The van der Waals surface area contributed by atoms with Gasteiger partial charge in [-0.25, -0.2) is 14.2 Å². The van der Waals surface area contributed by atoms with Crippen LogP contribution < -0.4 is 10.3 Å². The Kier molecular flexibility index (Phi) is 8.69. The number of halogens is 4. The highest BCUT2D eigenvalue weighted by Gasteiger charge is 2.36. The predicted molar refractivity (Wildman–Crippen MR) is 157 cm³/mol. The number of hydrogen-bond donors (Lipinski definition) is 2. The van der Waals surface area contributed by atoms with Crippen LogP contribution in [0.4, 0.5) is 13.2 Å². The largest absolute Gasteiger partial charge is 0.491 e. The third-order valence-corrected chi connectivity index (χ3v) is 8.01. The molecule has 1 amide bonds. The Bertz CT molecular complexity index is 1770. The molecule has 0 radical (unpaired) electrons. The standard InChI is InChI=1S/C30H29BrF3N5O5/c1-16-10-18(3)39(36-16)29-35-26-13-37(27(42)19-4-9-25(31)24(12-19)30(32,33)34)17(2)11-23(26)28(43)38(29)20-5-7-22(8-6-20)44-15-21(41)14-40/h4-10,12,17,21,40-41H,11,13-15H2,1-3H3/t17-,21-/m1/s1. The molecule has 0 saturated carbocycles. The molecule has 0 spiro atoms. The SMILES string of the molecule is Cc1cc(C)n(-c2nc3c(c(=O)n2-c2ccc(OC[C@H](O)CO)cc2)C[C@@H](C)N(C(=O)c2ccc(Br)c(C(F)(F)F)c2)C3)n1. The Morgan fingerprint density at radius 2 is 1.86 bits per heavy atom. The minimum Gasteiger partial charge on any atom is -0.491 e. The normalized spacial score (nSPS) is 15.7. The first-order valence-corrected chi connectivity index (χ1v) is 14.5. The number of carbonyl (C=O) groups is 1. The van der Waals surface area contributed by atoms with E-state index in [1.807, 2.05) is 13.0 Å². The van der Waals surface area contributed by atoms with Crippen molar-refractivity contribution in [2.24, 2.45) is 0 Å². The molecule has 44 heavy (non-hydrogen) atoms. The Labute approximate surface area is 258 Å². The number of aliphatic hydroxyl groups excluding tert-OH is 2. The van der Waals surface area contributed by atoms with E-state index in [2.05, 4.69) is 21.0 Å². The van der Waals surface area contributed by atoms with E-state index >= 15 is 0 Å². The number of amides is 1. The number of aryl methyl sites for hydroxylation is 2. The summed E-state index contributed by atoms with van der Waals surface area (Å²) in [6.45, 7) is 4.69. The van der Waals surface area contributed by atoms with Crippen molar-refractivity contribution in [3.05, 3.63) is 97.1 Å². The van der Waals surface area contributed by atoms with Gasteiger partial charge in [0, 0.05) is 27.3 Å². The van der Waals surface area contributed by atoms with Gasteiger partial charge in [-0.05, 0) is 75.7 Å². The highest BCUT2D eigenvalue weighted by molar-refractivity contribution is 9.10. The molecule has 0 fully saturated rings. The molecule has 0 saturated heterocycles. The maximum absolute atomic E-state index is 14.1. The van der Waals surface area contributed by atoms with Crippen LogP contribution >= 0.6 is 15.9 Å². The van der Waals surface area contributed by atoms with Gasteiger partial charge in [-0.3, -0.25) is 9.59 Å². The van der Waals surface area contributed by atoms with E-state index in [1.54, 1.807) is 38.1 Å². The van der Waals surface area contributed by atoms with Crippen molar-refractivity contribution in [1.82, 2.24) is 24.2 Å². The van der Waals surface area contributed by atoms with Gasteiger partial charge in [0.05, 0.1) is 35.8 Å². The molecular formula is C30H29BrF3N5O5. The average Bonchev–Trinajstić information content (AvgIpc) is 3.32. The molecule has 232 valence electrons. The number of ether oxygens (including phenoxy) is 1. The quantitative estimate of drug-likeness (QED) is 0.302. The highest BCUT2D eigenvalue weighted by Crippen LogP contribution is 2.36. The minimum absolute atomic E-state index is 0.0882. The molecule has 4 aromatic rings. The minimum atomic E-state index is -4.65. The average molecular weight is 676 g/mol. The Balaban J connectivity index is 1.56. The number of aliphatic hydroxyl groups is 2. The molecule has 2 atom stereocenters. The summed E-state index contributed by atoms with van der Waals surface area (Å²) in [6, 6.07) is 11.2. The lowest BCUT2D eigenvalue weighted by Crippen LogP contribution is -2.46. The maximum Gasteiger partial charge on any atom is 0.417 e. The van der Waals surface area contributed by atoms with Crippen LogP contribution in [0.3, 0.4) is 0 Å². The van der Waals surface area contributed by atoms with Gasteiger partial charge in [-0.15, -0.1) is 0 Å². The second kappa shape index (κ2) is 12.2. The zero-order valence-electron chi connectivity index (χ0n) is 24.0. The van der Waals surface area contributed by atoms with Gasteiger partial charge in [0.25, 0.3) is 11.5 Å². The number of alkyl halides is 3. The highest BCUT2D eigenvalue weighted by atomic mass is 79.9. The van der Waals surface area contributed by atoms with E-state index < -0.39 is 36.4 Å². The van der Waals surface area contributed by atoms with Crippen LogP contribution in [0.25, 0.3) is 11.6 Å². The first kappa shape index (κ1) is 31.4. The first-order valence-electron chi connectivity index (χ1n) is 13.7. The summed E-state index contributed by atoms with van der Waals surface area (Å²) < 4.78 is 48.9. The van der Waals surface area contributed by atoms with Crippen LogP contribution in [0.15, 0.2) is 57.8 Å². The summed E-state index contributed by atoms with van der Waals surface area (Å²) in [5.41, 5.74) is 1.10. The lowest BCUT2D eigenvalue weighted by Gasteiger charge is -2.34. The Morgan fingerprint density at radius 3 is 2.48 bits per heavy atom. The van der Waals surface area contributed by atoms with Crippen LogP contribution in [0.2, 0.25) is 0 Å². The number of fused-ring (bicyclic) bond motifs is 1. The molecule has 5 rings (SSSR count). The molecule has 1 aliphatic heterocycles. The van der Waals surface area contributed by atoms with E-state index in [1.165, 1.54) is 26.3 Å². The molecule has 10 nitrogen and oxygen atoms in total. The topological polar surface area (TPSA) is 123 Å². The lowest BCUT2D eigenvalue weighted by atomic mass is 9.98. The zero-order chi connectivity index (χ0) is 31.9. The molecule has 2 aromatic carbocycles. The molecule has 0 unspecified atom stereocenters. The molecule has 2 aromatic heterocycles. The van der Waals surface area contributed by atoms with Gasteiger partial charge in [-0.1, -0.05) is 15.9 Å².